The van der Waals surface area contributed by atoms with Crippen molar-refractivity contribution in [2.75, 3.05) is 39.3 Å². The van der Waals surface area contributed by atoms with Crippen molar-refractivity contribution in [2.45, 2.75) is 56.9 Å². The average molecular weight is 692 g/mol. The molecule has 2 aromatic carbocycles. The lowest BCUT2D eigenvalue weighted by Gasteiger charge is -2.31. The SMILES string of the molecule is CC(=O)O.CCCCN(CCNC(=O)C(=O)O)C(=O)[C@H](CC(=O)NC[C@@H]1CCCN(C=NN)C1)NS(=O)(=O)c1ccc2ccccc2c1. The third kappa shape index (κ3) is 13.5. The molecule has 264 valence electrons. The van der Waals surface area contributed by atoms with E-state index in [1.54, 1.807) is 24.5 Å². The molecule has 7 N–H and O–H groups in total. The molecule has 1 aliphatic heterocycles. The number of piperidine rings is 1. The number of rotatable bonds is 15. The first-order valence-corrected chi connectivity index (χ1v) is 17.0. The number of carboxylic acids is 2. The molecule has 0 saturated carbocycles. The van der Waals surface area contributed by atoms with Crippen LogP contribution in [-0.4, -0.2) is 110 Å². The van der Waals surface area contributed by atoms with Crippen LogP contribution in [0.15, 0.2) is 52.5 Å². The van der Waals surface area contributed by atoms with Gasteiger partial charge in [-0.1, -0.05) is 43.7 Å². The zero-order chi connectivity index (χ0) is 35.7. The van der Waals surface area contributed by atoms with Crippen LogP contribution in [0.4, 0.5) is 0 Å². The number of carbonyl (C=O) groups is 5. The molecule has 0 unspecified atom stereocenters. The minimum absolute atomic E-state index is 0.0629. The number of hydrazone groups is 1. The van der Waals surface area contributed by atoms with Crippen LogP contribution in [0.1, 0.15) is 46.0 Å². The van der Waals surface area contributed by atoms with Gasteiger partial charge in [0.25, 0.3) is 5.97 Å². The van der Waals surface area contributed by atoms with Crippen molar-refractivity contribution in [2.24, 2.45) is 16.9 Å². The second kappa shape index (κ2) is 19.8. The topological polar surface area (TPSA) is 241 Å². The first-order valence-electron chi connectivity index (χ1n) is 15.5. The minimum atomic E-state index is -4.25. The summed E-state index contributed by atoms with van der Waals surface area (Å²) in [5, 5.41) is 26.4. The Labute approximate surface area is 279 Å². The van der Waals surface area contributed by atoms with Crippen LogP contribution in [0.3, 0.4) is 0 Å². The van der Waals surface area contributed by atoms with E-state index in [2.05, 4.69) is 20.5 Å². The lowest BCUT2D eigenvalue weighted by molar-refractivity contribution is -0.150. The number of nitrogens with two attached hydrogens (primary N) is 1. The highest BCUT2D eigenvalue weighted by molar-refractivity contribution is 7.89. The summed E-state index contributed by atoms with van der Waals surface area (Å²) in [5.74, 6) is 0.492. The van der Waals surface area contributed by atoms with E-state index in [0.717, 1.165) is 31.7 Å². The molecule has 1 fully saturated rings. The summed E-state index contributed by atoms with van der Waals surface area (Å²) >= 11 is 0. The van der Waals surface area contributed by atoms with Crippen LogP contribution in [0.2, 0.25) is 0 Å². The maximum atomic E-state index is 13.8. The number of sulfonamides is 1. The molecule has 2 aromatic rings. The zero-order valence-electron chi connectivity index (χ0n) is 27.1. The Morgan fingerprint density at radius 1 is 1.08 bits per heavy atom. The zero-order valence-corrected chi connectivity index (χ0v) is 27.9. The highest BCUT2D eigenvalue weighted by atomic mass is 32.2. The molecule has 0 aliphatic carbocycles. The van der Waals surface area contributed by atoms with E-state index in [1.807, 2.05) is 24.0 Å². The number of likely N-dealkylation sites (tertiary alicyclic amines) is 1. The lowest BCUT2D eigenvalue weighted by Crippen LogP contribution is -2.52. The first kappa shape index (κ1) is 39.4. The smallest absolute Gasteiger partial charge is 0.394 e. The van der Waals surface area contributed by atoms with Gasteiger partial charge in [-0.3, -0.25) is 19.2 Å². The number of amides is 3. The number of nitrogens with zero attached hydrogens (tertiary/aromatic N) is 3. The van der Waals surface area contributed by atoms with E-state index < -0.39 is 52.1 Å². The van der Waals surface area contributed by atoms with Crippen LogP contribution in [-0.2, 0) is 34.0 Å². The van der Waals surface area contributed by atoms with Crippen molar-refractivity contribution in [3.05, 3.63) is 42.5 Å². The molecular weight excluding hydrogens is 646 g/mol. The fraction of sp³-hybridized carbons (Fsp3) is 0.484. The van der Waals surface area contributed by atoms with E-state index in [9.17, 15) is 27.6 Å². The number of unbranched alkanes of at least 4 members (excludes halogenated alkanes) is 1. The molecule has 1 heterocycles. The molecule has 0 bridgehead atoms. The van der Waals surface area contributed by atoms with Gasteiger partial charge in [-0.25, -0.2) is 13.2 Å². The summed E-state index contributed by atoms with van der Waals surface area (Å²) in [5.41, 5.74) is 0. The van der Waals surface area contributed by atoms with Crippen molar-refractivity contribution in [1.29, 1.82) is 0 Å². The lowest BCUT2D eigenvalue weighted by atomic mass is 9.98. The molecule has 48 heavy (non-hydrogen) atoms. The Morgan fingerprint density at radius 2 is 1.77 bits per heavy atom. The Balaban J connectivity index is 0.00000189. The van der Waals surface area contributed by atoms with Crippen molar-refractivity contribution in [3.8, 4) is 0 Å². The predicted molar refractivity (Wildman–Crippen MR) is 178 cm³/mol. The first-order chi connectivity index (χ1) is 22.8. The summed E-state index contributed by atoms with van der Waals surface area (Å²) in [6.07, 6.45) is 4.14. The van der Waals surface area contributed by atoms with Gasteiger partial charge in [-0.15, -0.1) is 0 Å². The highest BCUT2D eigenvalue weighted by Crippen LogP contribution is 2.20. The molecule has 16 nitrogen and oxygen atoms in total. The molecule has 0 aromatic heterocycles. The van der Waals surface area contributed by atoms with Crippen LogP contribution >= 0.6 is 0 Å². The average Bonchev–Trinajstić information content (AvgIpc) is 3.04. The number of hydrogen-bond acceptors (Lipinski definition) is 9. The largest absolute Gasteiger partial charge is 0.481 e. The van der Waals surface area contributed by atoms with Crippen molar-refractivity contribution < 1.29 is 42.6 Å². The Morgan fingerprint density at radius 3 is 2.42 bits per heavy atom. The molecule has 0 radical (unpaired) electrons. The number of aliphatic carboxylic acids is 2. The van der Waals surface area contributed by atoms with Gasteiger partial charge in [0.15, 0.2) is 0 Å². The number of benzene rings is 2. The fourth-order valence-corrected chi connectivity index (χ4v) is 6.25. The summed E-state index contributed by atoms with van der Waals surface area (Å²) < 4.78 is 29.5. The van der Waals surface area contributed by atoms with Crippen molar-refractivity contribution in [1.82, 2.24) is 25.2 Å². The van der Waals surface area contributed by atoms with E-state index in [-0.39, 0.29) is 30.4 Å². The second-order valence-electron chi connectivity index (χ2n) is 11.2. The van der Waals surface area contributed by atoms with E-state index in [4.69, 9.17) is 20.9 Å². The number of fused-ring (bicyclic) bond motifs is 1. The third-order valence-corrected chi connectivity index (χ3v) is 8.81. The summed E-state index contributed by atoms with van der Waals surface area (Å²) in [4.78, 5) is 61.5. The van der Waals surface area contributed by atoms with Crippen LogP contribution < -0.4 is 21.2 Å². The Bertz CT molecular complexity index is 1550. The van der Waals surface area contributed by atoms with Gasteiger partial charge in [0, 0.05) is 46.2 Å². The summed E-state index contributed by atoms with van der Waals surface area (Å²) in [6.45, 7) is 4.74. The molecule has 17 heteroatoms. The summed E-state index contributed by atoms with van der Waals surface area (Å²) in [7, 11) is -4.25. The van der Waals surface area contributed by atoms with Gasteiger partial charge >= 0.3 is 11.9 Å². The molecule has 0 spiro atoms. The number of nitrogens with one attached hydrogen (secondary N) is 3. The number of carboxylic acid groups (broad SMARTS) is 2. The fourth-order valence-electron chi connectivity index (χ4n) is 5.03. The third-order valence-electron chi connectivity index (χ3n) is 7.34. The normalized spacial score (nSPS) is 15.2. The Hall–Kier alpha value is -4.77. The molecular formula is C31H45N7O9S. The maximum absolute atomic E-state index is 13.8. The van der Waals surface area contributed by atoms with Crippen LogP contribution in [0.5, 0.6) is 0 Å². The number of hydrogen-bond donors (Lipinski definition) is 6. The van der Waals surface area contributed by atoms with E-state index >= 15 is 0 Å². The molecule has 2 atom stereocenters. The molecule has 3 amide bonds. The van der Waals surface area contributed by atoms with Gasteiger partial charge in [-0.2, -0.15) is 9.82 Å². The van der Waals surface area contributed by atoms with Gasteiger partial charge in [-0.05, 0) is 48.1 Å². The van der Waals surface area contributed by atoms with Gasteiger partial charge in [0.2, 0.25) is 21.8 Å². The Kier molecular flexibility index (Phi) is 16.2. The molecule has 3 rings (SSSR count). The predicted octanol–water partition coefficient (Wildman–Crippen LogP) is 0.527. The van der Waals surface area contributed by atoms with Gasteiger partial charge < -0.3 is 36.5 Å². The van der Waals surface area contributed by atoms with Gasteiger partial charge in [0.1, 0.15) is 12.4 Å². The van der Waals surface area contributed by atoms with Crippen LogP contribution in [0, 0.1) is 5.92 Å². The monoisotopic (exact) mass is 691 g/mol. The number of carbonyl (C=O) groups excluding carboxylic acids is 3. The van der Waals surface area contributed by atoms with Crippen LogP contribution in [0.25, 0.3) is 10.8 Å². The second-order valence-corrected chi connectivity index (χ2v) is 12.9. The van der Waals surface area contributed by atoms with E-state index in [1.165, 1.54) is 17.0 Å². The molecule has 1 aliphatic rings. The van der Waals surface area contributed by atoms with Crippen molar-refractivity contribution in [3.63, 3.8) is 0 Å². The maximum Gasteiger partial charge on any atom is 0.394 e. The van der Waals surface area contributed by atoms with E-state index in [0.29, 0.717) is 31.3 Å². The van der Waals surface area contributed by atoms with Crippen molar-refractivity contribution >= 4 is 56.8 Å². The van der Waals surface area contributed by atoms with Gasteiger partial charge in [0.05, 0.1) is 11.3 Å². The molecule has 1 saturated heterocycles. The summed E-state index contributed by atoms with van der Waals surface area (Å²) in [6, 6.07) is 10.4. The quantitative estimate of drug-likeness (QED) is 0.0495. The highest BCUT2D eigenvalue weighted by Gasteiger charge is 2.32. The minimum Gasteiger partial charge on any atom is -0.481 e. The standard InChI is InChI=1S/C29H41N7O7S.C2H4O2/c1-2-3-14-36(15-12-31-27(38)29(40)41)28(39)25(17-26(37)32-18-21-7-6-13-35(19-21)20-33-30)34-44(42,43)24-11-10-22-8-4-5-9-23(22)16-24;1-2(3)4/h4-5,8-11,16,20-21,25,34H,2-3,6-7,12-15,17-19,30H2,1H3,(H,31,38)(H,32,37)(H,40,41);1H3,(H,3,4)/t21-,25-;/m0./s1.